The van der Waals surface area contributed by atoms with Gasteiger partial charge in [-0.15, -0.1) is 0 Å². The van der Waals surface area contributed by atoms with Gasteiger partial charge in [0.05, 0.1) is 0 Å². The largest absolute Gasteiger partial charge is 0.507 e. The quantitative estimate of drug-likeness (QED) is 0.467. The van der Waals surface area contributed by atoms with Crippen molar-refractivity contribution in [2.45, 2.75) is 26.9 Å². The van der Waals surface area contributed by atoms with Crippen molar-refractivity contribution in [1.29, 1.82) is 0 Å². The molecule has 0 amide bonds. The fourth-order valence-electron chi connectivity index (χ4n) is 2.72. The number of aromatic hydroxyl groups is 1. The standard InChI is InChI=1S/C22H23BrN2O/c1-15-3-7-20(8-4-15)24-13-17-11-19(23)12-18(22(17)26)14-25-21-9-5-16(2)6-10-21/h3-12,24-26H,13-14H2,1-2H3. The second kappa shape index (κ2) is 8.28. The van der Waals surface area contributed by atoms with Crippen molar-refractivity contribution in [3.05, 3.63) is 87.4 Å². The average Bonchev–Trinajstić information content (AvgIpc) is 2.63. The predicted molar refractivity (Wildman–Crippen MR) is 113 cm³/mol. The number of halogens is 1. The van der Waals surface area contributed by atoms with Crippen molar-refractivity contribution in [2.75, 3.05) is 10.6 Å². The zero-order chi connectivity index (χ0) is 18.5. The van der Waals surface area contributed by atoms with Crippen LogP contribution in [0.15, 0.2) is 65.1 Å². The van der Waals surface area contributed by atoms with Crippen molar-refractivity contribution >= 4 is 27.3 Å². The van der Waals surface area contributed by atoms with Crippen molar-refractivity contribution in [3.63, 3.8) is 0 Å². The van der Waals surface area contributed by atoms with Gasteiger partial charge in [-0.05, 0) is 50.2 Å². The second-order valence-corrected chi connectivity index (χ2v) is 7.43. The van der Waals surface area contributed by atoms with E-state index in [4.69, 9.17) is 0 Å². The smallest absolute Gasteiger partial charge is 0.125 e. The molecular formula is C22H23BrN2O. The molecular weight excluding hydrogens is 388 g/mol. The Labute approximate surface area is 163 Å². The maximum Gasteiger partial charge on any atom is 0.125 e. The van der Waals surface area contributed by atoms with E-state index in [1.165, 1.54) is 11.1 Å². The van der Waals surface area contributed by atoms with Crippen LogP contribution in [0.4, 0.5) is 11.4 Å². The molecule has 3 rings (SSSR count). The Morgan fingerprint density at radius 3 is 1.50 bits per heavy atom. The summed E-state index contributed by atoms with van der Waals surface area (Å²) in [5.74, 6) is 0.326. The SMILES string of the molecule is Cc1ccc(NCc2cc(Br)cc(CNc3ccc(C)cc3)c2O)cc1. The summed E-state index contributed by atoms with van der Waals surface area (Å²) in [5.41, 5.74) is 6.25. The van der Waals surface area contributed by atoms with Gasteiger partial charge < -0.3 is 15.7 Å². The maximum atomic E-state index is 10.7. The number of anilines is 2. The van der Waals surface area contributed by atoms with E-state index in [9.17, 15) is 5.11 Å². The van der Waals surface area contributed by atoms with Crippen LogP contribution in [-0.4, -0.2) is 5.11 Å². The third kappa shape index (κ3) is 4.79. The Kier molecular flexibility index (Phi) is 5.84. The van der Waals surface area contributed by atoms with E-state index in [1.54, 1.807) is 0 Å². The molecule has 0 heterocycles. The minimum Gasteiger partial charge on any atom is -0.507 e. The molecule has 0 aliphatic heterocycles. The maximum absolute atomic E-state index is 10.7. The molecule has 0 saturated heterocycles. The highest BCUT2D eigenvalue weighted by Crippen LogP contribution is 2.29. The van der Waals surface area contributed by atoms with Crippen molar-refractivity contribution < 1.29 is 5.11 Å². The Hall–Kier alpha value is -2.46. The number of rotatable bonds is 6. The molecule has 4 heteroatoms. The van der Waals surface area contributed by atoms with E-state index in [0.717, 1.165) is 27.0 Å². The third-order valence-electron chi connectivity index (χ3n) is 4.30. The topological polar surface area (TPSA) is 44.3 Å². The Bertz CT molecular complexity index is 803. The van der Waals surface area contributed by atoms with Crippen LogP contribution in [0, 0.1) is 13.8 Å². The van der Waals surface area contributed by atoms with Gasteiger partial charge in [0.1, 0.15) is 5.75 Å². The van der Waals surface area contributed by atoms with Crippen molar-refractivity contribution in [3.8, 4) is 5.75 Å². The summed E-state index contributed by atoms with van der Waals surface area (Å²) in [6, 6.07) is 20.4. The summed E-state index contributed by atoms with van der Waals surface area (Å²) in [6.07, 6.45) is 0. The fraction of sp³-hybridized carbons (Fsp3) is 0.182. The van der Waals surface area contributed by atoms with E-state index in [1.807, 2.05) is 36.4 Å². The van der Waals surface area contributed by atoms with Gasteiger partial charge in [-0.3, -0.25) is 0 Å². The molecule has 3 aromatic rings. The van der Waals surface area contributed by atoms with Crippen LogP contribution in [0.2, 0.25) is 0 Å². The van der Waals surface area contributed by atoms with Gasteiger partial charge in [-0.2, -0.15) is 0 Å². The summed E-state index contributed by atoms with van der Waals surface area (Å²) in [7, 11) is 0. The van der Waals surface area contributed by atoms with Gasteiger partial charge in [-0.1, -0.05) is 51.3 Å². The number of aryl methyl sites for hydroxylation is 2. The number of hydrogen-bond acceptors (Lipinski definition) is 3. The summed E-state index contributed by atoms with van der Waals surface area (Å²) in [4.78, 5) is 0. The van der Waals surface area contributed by atoms with Gasteiger partial charge >= 0.3 is 0 Å². The zero-order valence-electron chi connectivity index (χ0n) is 15.0. The molecule has 0 radical (unpaired) electrons. The average molecular weight is 411 g/mol. The molecule has 0 unspecified atom stereocenters. The van der Waals surface area contributed by atoms with Gasteiger partial charge in [-0.25, -0.2) is 0 Å². The summed E-state index contributed by atoms with van der Waals surface area (Å²) >= 11 is 3.55. The number of phenols is 1. The summed E-state index contributed by atoms with van der Waals surface area (Å²) < 4.78 is 0.955. The highest BCUT2D eigenvalue weighted by Gasteiger charge is 2.09. The van der Waals surface area contributed by atoms with Gasteiger partial charge in [0, 0.05) is 40.1 Å². The van der Waals surface area contributed by atoms with Crippen molar-refractivity contribution in [2.24, 2.45) is 0 Å². The van der Waals surface area contributed by atoms with E-state index < -0.39 is 0 Å². The minimum atomic E-state index is 0.326. The molecule has 0 spiro atoms. The van der Waals surface area contributed by atoms with Gasteiger partial charge in [0.25, 0.3) is 0 Å². The molecule has 0 saturated carbocycles. The first-order chi connectivity index (χ1) is 12.5. The predicted octanol–water partition coefficient (Wildman–Crippen LogP) is 6.00. The molecule has 0 aliphatic carbocycles. The Morgan fingerprint density at radius 2 is 1.12 bits per heavy atom. The molecule has 3 aromatic carbocycles. The lowest BCUT2D eigenvalue weighted by molar-refractivity contribution is 0.462. The van der Waals surface area contributed by atoms with E-state index in [0.29, 0.717) is 18.8 Å². The lowest BCUT2D eigenvalue weighted by Crippen LogP contribution is -2.04. The normalized spacial score (nSPS) is 10.6. The van der Waals surface area contributed by atoms with E-state index in [2.05, 4.69) is 64.7 Å². The Morgan fingerprint density at radius 1 is 0.731 bits per heavy atom. The number of nitrogens with one attached hydrogen (secondary N) is 2. The number of hydrogen-bond donors (Lipinski definition) is 3. The minimum absolute atomic E-state index is 0.326. The van der Waals surface area contributed by atoms with Crippen LogP contribution in [0.1, 0.15) is 22.3 Å². The highest BCUT2D eigenvalue weighted by atomic mass is 79.9. The summed E-state index contributed by atoms with van der Waals surface area (Å²) in [5, 5.41) is 17.4. The molecule has 26 heavy (non-hydrogen) atoms. The Balaban J connectivity index is 1.70. The molecule has 0 fully saturated rings. The third-order valence-corrected chi connectivity index (χ3v) is 4.76. The highest BCUT2D eigenvalue weighted by molar-refractivity contribution is 9.10. The van der Waals surface area contributed by atoms with Crippen LogP contribution in [0.5, 0.6) is 5.75 Å². The number of phenolic OH excluding ortho intramolecular Hbond substituents is 1. The van der Waals surface area contributed by atoms with Crippen LogP contribution in [0.25, 0.3) is 0 Å². The number of benzene rings is 3. The molecule has 3 N–H and O–H groups in total. The summed E-state index contributed by atoms with van der Waals surface area (Å²) in [6.45, 7) is 5.26. The van der Waals surface area contributed by atoms with E-state index >= 15 is 0 Å². The molecule has 134 valence electrons. The zero-order valence-corrected chi connectivity index (χ0v) is 16.6. The second-order valence-electron chi connectivity index (χ2n) is 6.51. The lowest BCUT2D eigenvalue weighted by Gasteiger charge is -2.14. The van der Waals surface area contributed by atoms with Gasteiger partial charge in [0.15, 0.2) is 0 Å². The molecule has 0 aromatic heterocycles. The first kappa shape index (κ1) is 18.3. The van der Waals surface area contributed by atoms with Crippen LogP contribution >= 0.6 is 15.9 Å². The first-order valence-corrected chi connectivity index (χ1v) is 9.42. The molecule has 3 nitrogen and oxygen atoms in total. The van der Waals surface area contributed by atoms with Crippen LogP contribution in [-0.2, 0) is 13.1 Å². The first-order valence-electron chi connectivity index (χ1n) is 8.62. The molecule has 0 atom stereocenters. The molecule has 0 bridgehead atoms. The molecule has 0 aliphatic rings. The van der Waals surface area contributed by atoms with Gasteiger partial charge in [0.2, 0.25) is 0 Å². The van der Waals surface area contributed by atoms with Crippen LogP contribution < -0.4 is 10.6 Å². The fourth-order valence-corrected chi connectivity index (χ4v) is 3.28. The van der Waals surface area contributed by atoms with E-state index in [-0.39, 0.29) is 0 Å². The van der Waals surface area contributed by atoms with Crippen molar-refractivity contribution in [1.82, 2.24) is 0 Å². The monoisotopic (exact) mass is 410 g/mol. The van der Waals surface area contributed by atoms with Crippen LogP contribution in [0.3, 0.4) is 0 Å². The lowest BCUT2D eigenvalue weighted by atomic mass is 10.1.